The highest BCUT2D eigenvalue weighted by Crippen LogP contribution is 2.23. The first kappa shape index (κ1) is 8.12. The Morgan fingerprint density at radius 3 is 3.08 bits per heavy atom. The number of carboxylic acids is 1. The van der Waals surface area contributed by atoms with Gasteiger partial charge in [0.05, 0.1) is 15.2 Å². The third kappa shape index (κ3) is 1.27. The second kappa shape index (κ2) is 2.77. The Kier molecular flexibility index (Phi) is 1.73. The molecule has 1 N–H and O–H groups in total. The summed E-state index contributed by atoms with van der Waals surface area (Å²) in [5, 5.41) is 9.66. The Morgan fingerprint density at radius 1 is 1.62 bits per heavy atom. The van der Waals surface area contributed by atoms with Crippen LogP contribution in [0.4, 0.5) is 0 Å². The van der Waals surface area contributed by atoms with Gasteiger partial charge in [0.15, 0.2) is 5.69 Å². The number of hydrogen-bond donors (Lipinski definition) is 1. The monoisotopic (exact) mass is 194 g/mol. The molecule has 2 heterocycles. The summed E-state index contributed by atoms with van der Waals surface area (Å²) in [6.07, 6.45) is 1.46. The molecule has 0 atom stereocenters. The standard InChI is InChI=1S/C8H6N2O2S/c1-4-10-5-2-3-9-6(8(11)12)7(5)13-4/h2-3H,1H3,(H,11,12). The van der Waals surface area contributed by atoms with Crippen molar-refractivity contribution in [2.24, 2.45) is 0 Å². The number of rotatable bonds is 1. The van der Waals surface area contributed by atoms with Gasteiger partial charge in [0.25, 0.3) is 0 Å². The zero-order chi connectivity index (χ0) is 9.42. The van der Waals surface area contributed by atoms with Crippen LogP contribution in [0.25, 0.3) is 10.2 Å². The second-order valence-corrected chi connectivity index (χ2v) is 3.75. The number of fused-ring (bicyclic) bond motifs is 1. The Bertz CT molecular complexity index is 478. The highest BCUT2D eigenvalue weighted by molar-refractivity contribution is 7.18. The van der Waals surface area contributed by atoms with Gasteiger partial charge in [0.1, 0.15) is 0 Å². The summed E-state index contributed by atoms with van der Waals surface area (Å²) in [5.41, 5.74) is 0.790. The minimum Gasteiger partial charge on any atom is -0.476 e. The molecule has 4 nitrogen and oxygen atoms in total. The maximum Gasteiger partial charge on any atom is 0.356 e. The van der Waals surface area contributed by atoms with Crippen LogP contribution in [0.15, 0.2) is 12.3 Å². The van der Waals surface area contributed by atoms with Crippen molar-refractivity contribution in [1.82, 2.24) is 9.97 Å². The molecule has 0 bridgehead atoms. The van der Waals surface area contributed by atoms with Gasteiger partial charge in [0, 0.05) is 6.20 Å². The van der Waals surface area contributed by atoms with E-state index >= 15 is 0 Å². The van der Waals surface area contributed by atoms with Crippen molar-refractivity contribution in [1.29, 1.82) is 0 Å². The molecule has 0 spiro atoms. The van der Waals surface area contributed by atoms with Crippen LogP contribution in [-0.4, -0.2) is 21.0 Å². The van der Waals surface area contributed by atoms with Gasteiger partial charge >= 0.3 is 5.97 Å². The molecule has 0 saturated carbocycles. The first-order valence-corrected chi connectivity index (χ1v) is 4.45. The van der Waals surface area contributed by atoms with Crippen molar-refractivity contribution in [3.8, 4) is 0 Å². The van der Waals surface area contributed by atoms with Crippen molar-refractivity contribution in [2.75, 3.05) is 0 Å². The molecule has 0 amide bonds. The Hall–Kier alpha value is -1.49. The fraction of sp³-hybridized carbons (Fsp3) is 0.125. The van der Waals surface area contributed by atoms with Crippen molar-refractivity contribution in [3.63, 3.8) is 0 Å². The summed E-state index contributed by atoms with van der Waals surface area (Å²) in [6.45, 7) is 1.84. The largest absolute Gasteiger partial charge is 0.476 e. The molecule has 0 fully saturated rings. The van der Waals surface area contributed by atoms with Crippen molar-refractivity contribution < 1.29 is 9.90 Å². The van der Waals surface area contributed by atoms with E-state index < -0.39 is 5.97 Å². The topological polar surface area (TPSA) is 63.1 Å². The van der Waals surface area contributed by atoms with E-state index in [1.807, 2.05) is 6.92 Å². The number of aromatic nitrogens is 2. The van der Waals surface area contributed by atoms with Gasteiger partial charge in [0.2, 0.25) is 0 Å². The number of aromatic carboxylic acids is 1. The molecule has 13 heavy (non-hydrogen) atoms. The predicted molar refractivity (Wildman–Crippen MR) is 49.1 cm³/mol. The fourth-order valence-corrected chi connectivity index (χ4v) is 2.01. The summed E-state index contributed by atoms with van der Waals surface area (Å²) in [7, 11) is 0. The summed E-state index contributed by atoms with van der Waals surface area (Å²) in [4.78, 5) is 18.7. The molecular formula is C8H6N2O2S. The van der Waals surface area contributed by atoms with E-state index in [0.717, 1.165) is 5.01 Å². The van der Waals surface area contributed by atoms with Gasteiger partial charge in [-0.05, 0) is 13.0 Å². The number of thiazole rings is 1. The molecule has 2 aromatic heterocycles. The minimum absolute atomic E-state index is 0.0862. The average Bonchev–Trinajstić information content (AvgIpc) is 2.43. The maximum absolute atomic E-state index is 10.7. The van der Waals surface area contributed by atoms with E-state index in [0.29, 0.717) is 10.2 Å². The zero-order valence-corrected chi connectivity index (χ0v) is 7.63. The van der Waals surface area contributed by atoms with Gasteiger partial charge in [-0.2, -0.15) is 0 Å². The SMILES string of the molecule is Cc1nc2ccnc(C(=O)O)c2s1. The highest BCUT2D eigenvalue weighted by atomic mass is 32.1. The van der Waals surface area contributed by atoms with Crippen LogP contribution in [0.2, 0.25) is 0 Å². The Balaban J connectivity index is 2.82. The van der Waals surface area contributed by atoms with Gasteiger partial charge in [-0.15, -0.1) is 11.3 Å². The van der Waals surface area contributed by atoms with E-state index in [2.05, 4.69) is 9.97 Å². The number of nitrogens with zero attached hydrogens (tertiary/aromatic N) is 2. The molecule has 0 aliphatic carbocycles. The molecule has 0 aromatic carbocycles. The third-order valence-electron chi connectivity index (χ3n) is 1.61. The summed E-state index contributed by atoms with van der Waals surface area (Å²) in [6, 6.07) is 1.71. The van der Waals surface area contributed by atoms with Crippen LogP contribution in [-0.2, 0) is 0 Å². The fourth-order valence-electron chi connectivity index (χ4n) is 1.12. The first-order valence-electron chi connectivity index (χ1n) is 3.64. The lowest BCUT2D eigenvalue weighted by atomic mass is 10.3. The van der Waals surface area contributed by atoms with E-state index in [1.165, 1.54) is 17.5 Å². The van der Waals surface area contributed by atoms with Crippen LogP contribution >= 0.6 is 11.3 Å². The van der Waals surface area contributed by atoms with E-state index in [9.17, 15) is 4.79 Å². The normalized spacial score (nSPS) is 10.5. The Morgan fingerprint density at radius 2 is 2.38 bits per heavy atom. The van der Waals surface area contributed by atoms with Crippen LogP contribution in [0.3, 0.4) is 0 Å². The first-order chi connectivity index (χ1) is 6.18. The number of pyridine rings is 1. The van der Waals surface area contributed by atoms with Gasteiger partial charge in [-0.1, -0.05) is 0 Å². The number of aryl methyl sites for hydroxylation is 1. The van der Waals surface area contributed by atoms with Crippen LogP contribution < -0.4 is 0 Å². The van der Waals surface area contributed by atoms with Gasteiger partial charge in [-0.3, -0.25) is 0 Å². The molecule has 0 unspecified atom stereocenters. The molecule has 0 aliphatic heterocycles. The molecule has 0 aliphatic rings. The van der Waals surface area contributed by atoms with E-state index in [4.69, 9.17) is 5.11 Å². The minimum atomic E-state index is -1.01. The van der Waals surface area contributed by atoms with Gasteiger partial charge in [-0.25, -0.2) is 14.8 Å². The lowest BCUT2D eigenvalue weighted by Gasteiger charge is -1.92. The lowest BCUT2D eigenvalue weighted by molar-refractivity contribution is 0.0693. The predicted octanol–water partition coefficient (Wildman–Crippen LogP) is 1.70. The summed E-state index contributed by atoms with van der Waals surface area (Å²) >= 11 is 1.35. The smallest absolute Gasteiger partial charge is 0.356 e. The third-order valence-corrected chi connectivity index (χ3v) is 2.61. The van der Waals surface area contributed by atoms with Crippen molar-refractivity contribution in [3.05, 3.63) is 23.0 Å². The molecule has 0 radical (unpaired) electrons. The van der Waals surface area contributed by atoms with Crippen molar-refractivity contribution >= 4 is 27.5 Å². The number of carbonyl (C=O) groups is 1. The summed E-state index contributed by atoms with van der Waals surface area (Å²) < 4.78 is 0.646. The summed E-state index contributed by atoms with van der Waals surface area (Å²) in [5.74, 6) is -1.01. The highest BCUT2D eigenvalue weighted by Gasteiger charge is 2.12. The molecular weight excluding hydrogens is 188 g/mol. The molecule has 66 valence electrons. The molecule has 2 rings (SSSR count). The lowest BCUT2D eigenvalue weighted by Crippen LogP contribution is -1.99. The zero-order valence-electron chi connectivity index (χ0n) is 6.81. The number of hydrogen-bond acceptors (Lipinski definition) is 4. The van der Waals surface area contributed by atoms with Crippen LogP contribution in [0, 0.1) is 6.92 Å². The average molecular weight is 194 g/mol. The number of carboxylic acid groups (broad SMARTS) is 1. The Labute approximate surface area is 77.9 Å². The van der Waals surface area contributed by atoms with Crippen LogP contribution in [0.1, 0.15) is 15.5 Å². The molecule has 2 aromatic rings. The van der Waals surface area contributed by atoms with Gasteiger partial charge < -0.3 is 5.11 Å². The van der Waals surface area contributed by atoms with Crippen LogP contribution in [0.5, 0.6) is 0 Å². The molecule has 5 heteroatoms. The quantitative estimate of drug-likeness (QED) is 0.750. The van der Waals surface area contributed by atoms with Crippen molar-refractivity contribution in [2.45, 2.75) is 6.92 Å². The maximum atomic E-state index is 10.7. The molecule has 0 saturated heterocycles. The van der Waals surface area contributed by atoms with E-state index in [-0.39, 0.29) is 5.69 Å². The van der Waals surface area contributed by atoms with E-state index in [1.54, 1.807) is 6.07 Å². The second-order valence-electron chi connectivity index (χ2n) is 2.55.